The zero-order valence-corrected chi connectivity index (χ0v) is 16.2. The van der Waals surface area contributed by atoms with E-state index in [1.54, 1.807) is 7.11 Å². The van der Waals surface area contributed by atoms with Gasteiger partial charge in [-0.25, -0.2) is 0 Å². The molecule has 0 aromatic heterocycles. The highest BCUT2D eigenvalue weighted by atomic mass is 16.5. The topological polar surface area (TPSA) is 46.1 Å². The summed E-state index contributed by atoms with van der Waals surface area (Å²) in [4.78, 5) is 6.79. The molecular formula is C20H33N3O2. The molecule has 0 aliphatic carbocycles. The van der Waals surface area contributed by atoms with Gasteiger partial charge in [-0.3, -0.25) is 4.99 Å². The molecule has 2 rings (SSSR count). The maximum atomic E-state index is 5.67. The van der Waals surface area contributed by atoms with Crippen LogP contribution in [0, 0.1) is 19.8 Å². The summed E-state index contributed by atoms with van der Waals surface area (Å²) in [5, 5.41) is 3.51. The maximum Gasteiger partial charge on any atom is 0.193 e. The number of aliphatic imine (C=N–C) groups is 1. The van der Waals surface area contributed by atoms with Crippen LogP contribution in [0.25, 0.3) is 0 Å². The van der Waals surface area contributed by atoms with Crippen LogP contribution < -0.4 is 5.32 Å². The van der Waals surface area contributed by atoms with E-state index >= 15 is 0 Å². The van der Waals surface area contributed by atoms with Crippen molar-refractivity contribution >= 4 is 5.96 Å². The van der Waals surface area contributed by atoms with E-state index in [0.29, 0.717) is 19.1 Å². The van der Waals surface area contributed by atoms with Crippen molar-refractivity contribution in [3.05, 3.63) is 34.9 Å². The number of rotatable bonds is 8. The predicted octanol–water partition coefficient (Wildman–Crippen LogP) is 2.41. The van der Waals surface area contributed by atoms with Gasteiger partial charge in [-0.05, 0) is 37.8 Å². The van der Waals surface area contributed by atoms with Crippen molar-refractivity contribution in [1.82, 2.24) is 10.2 Å². The molecule has 1 aromatic rings. The number of nitrogens with zero attached hydrogens (tertiary/aromatic N) is 2. The predicted molar refractivity (Wildman–Crippen MR) is 103 cm³/mol. The van der Waals surface area contributed by atoms with Gasteiger partial charge in [0.1, 0.15) is 0 Å². The number of benzene rings is 1. The van der Waals surface area contributed by atoms with Gasteiger partial charge in [0.25, 0.3) is 0 Å². The molecule has 140 valence electrons. The Balaban J connectivity index is 1.73. The summed E-state index contributed by atoms with van der Waals surface area (Å²) in [6.07, 6.45) is 2.17. The third kappa shape index (κ3) is 6.33. The van der Waals surface area contributed by atoms with E-state index in [1.807, 2.05) is 7.05 Å². The lowest BCUT2D eigenvalue weighted by Gasteiger charge is -2.22. The summed E-state index contributed by atoms with van der Waals surface area (Å²) in [6, 6.07) is 6.67. The average Bonchev–Trinajstić information content (AvgIpc) is 3.06. The van der Waals surface area contributed by atoms with Crippen LogP contribution in [0.15, 0.2) is 23.2 Å². The van der Waals surface area contributed by atoms with Crippen LogP contribution in [0.3, 0.4) is 0 Å². The first-order valence-electron chi connectivity index (χ1n) is 9.22. The number of hydrogen-bond acceptors (Lipinski definition) is 3. The van der Waals surface area contributed by atoms with Crippen molar-refractivity contribution in [2.75, 3.05) is 53.6 Å². The van der Waals surface area contributed by atoms with Crippen molar-refractivity contribution in [2.24, 2.45) is 10.9 Å². The summed E-state index contributed by atoms with van der Waals surface area (Å²) in [7, 11) is 3.57. The molecule has 5 heteroatoms. The Bertz CT molecular complexity index is 560. The number of ether oxygens (including phenoxy) is 2. The Kier molecular flexibility index (Phi) is 8.22. The summed E-state index contributed by atoms with van der Waals surface area (Å²) in [5.74, 6) is 1.58. The molecule has 0 saturated carbocycles. The lowest BCUT2D eigenvalue weighted by Crippen LogP contribution is -2.41. The Hall–Kier alpha value is -1.59. The highest BCUT2D eigenvalue weighted by Crippen LogP contribution is 2.17. The minimum atomic E-state index is 0.578. The van der Waals surface area contributed by atoms with Gasteiger partial charge in [0, 0.05) is 39.7 Å². The second kappa shape index (κ2) is 10.4. The lowest BCUT2D eigenvalue weighted by molar-refractivity contribution is 0.0536. The van der Waals surface area contributed by atoms with Gasteiger partial charge in [0.15, 0.2) is 5.96 Å². The molecule has 1 saturated heterocycles. The molecule has 1 aliphatic rings. The Morgan fingerprint density at radius 3 is 2.88 bits per heavy atom. The molecule has 0 bridgehead atoms. The van der Waals surface area contributed by atoms with Crippen LogP contribution in [-0.4, -0.2) is 64.5 Å². The second-order valence-electron chi connectivity index (χ2n) is 6.82. The van der Waals surface area contributed by atoms with Crippen LogP contribution in [0.4, 0.5) is 0 Å². The summed E-state index contributed by atoms with van der Waals surface area (Å²) >= 11 is 0. The van der Waals surface area contributed by atoms with Crippen molar-refractivity contribution in [2.45, 2.75) is 26.7 Å². The molecule has 1 atom stereocenters. The summed E-state index contributed by atoms with van der Waals surface area (Å²) < 4.78 is 10.7. The molecule has 1 heterocycles. The van der Waals surface area contributed by atoms with Gasteiger partial charge >= 0.3 is 0 Å². The number of aryl methyl sites for hydroxylation is 2. The molecule has 1 fully saturated rings. The van der Waals surface area contributed by atoms with Crippen LogP contribution in [-0.2, 0) is 15.9 Å². The molecule has 1 aromatic carbocycles. The van der Waals surface area contributed by atoms with E-state index in [0.717, 1.165) is 45.0 Å². The fourth-order valence-electron chi connectivity index (χ4n) is 3.32. The fraction of sp³-hybridized carbons (Fsp3) is 0.650. The third-order valence-electron chi connectivity index (χ3n) is 4.76. The summed E-state index contributed by atoms with van der Waals surface area (Å²) in [5.41, 5.74) is 4.09. The van der Waals surface area contributed by atoms with E-state index in [1.165, 1.54) is 16.7 Å². The number of nitrogens with one attached hydrogen (secondary N) is 1. The lowest BCUT2D eigenvalue weighted by atomic mass is 10.0. The van der Waals surface area contributed by atoms with E-state index in [2.05, 4.69) is 47.3 Å². The quantitative estimate of drug-likeness (QED) is 0.446. The zero-order chi connectivity index (χ0) is 18.1. The molecule has 5 nitrogen and oxygen atoms in total. The number of likely N-dealkylation sites (tertiary alicyclic amines) is 1. The largest absolute Gasteiger partial charge is 0.382 e. The number of guanidine groups is 1. The Morgan fingerprint density at radius 1 is 1.32 bits per heavy atom. The van der Waals surface area contributed by atoms with Crippen molar-refractivity contribution in [1.29, 1.82) is 0 Å². The molecule has 1 N–H and O–H groups in total. The van der Waals surface area contributed by atoms with Crippen LogP contribution >= 0.6 is 0 Å². The minimum Gasteiger partial charge on any atom is -0.382 e. The second-order valence-corrected chi connectivity index (χ2v) is 6.82. The molecule has 25 heavy (non-hydrogen) atoms. The van der Waals surface area contributed by atoms with Gasteiger partial charge in [-0.1, -0.05) is 23.8 Å². The molecule has 0 spiro atoms. The van der Waals surface area contributed by atoms with E-state index < -0.39 is 0 Å². The van der Waals surface area contributed by atoms with E-state index in [9.17, 15) is 0 Å². The van der Waals surface area contributed by atoms with Gasteiger partial charge in [0.05, 0.1) is 19.8 Å². The average molecular weight is 348 g/mol. The van der Waals surface area contributed by atoms with E-state index in [-0.39, 0.29) is 0 Å². The van der Waals surface area contributed by atoms with E-state index in [4.69, 9.17) is 9.47 Å². The van der Waals surface area contributed by atoms with Crippen LogP contribution in [0.1, 0.15) is 23.1 Å². The number of hydrogen-bond donors (Lipinski definition) is 1. The first-order chi connectivity index (χ1) is 12.1. The fourth-order valence-corrected chi connectivity index (χ4v) is 3.32. The van der Waals surface area contributed by atoms with Crippen molar-refractivity contribution in [3.8, 4) is 0 Å². The van der Waals surface area contributed by atoms with Gasteiger partial charge in [-0.2, -0.15) is 0 Å². The number of methoxy groups -OCH3 is 1. The van der Waals surface area contributed by atoms with Crippen molar-refractivity contribution in [3.63, 3.8) is 0 Å². The third-order valence-corrected chi connectivity index (χ3v) is 4.76. The minimum absolute atomic E-state index is 0.578. The van der Waals surface area contributed by atoms with Crippen LogP contribution in [0.5, 0.6) is 0 Å². The molecular weight excluding hydrogens is 314 g/mol. The van der Waals surface area contributed by atoms with Crippen molar-refractivity contribution < 1.29 is 9.47 Å². The summed E-state index contributed by atoms with van der Waals surface area (Å²) in [6.45, 7) is 9.43. The molecule has 1 unspecified atom stereocenters. The smallest absolute Gasteiger partial charge is 0.193 e. The first kappa shape index (κ1) is 19.7. The van der Waals surface area contributed by atoms with Crippen LogP contribution in [0.2, 0.25) is 0 Å². The zero-order valence-electron chi connectivity index (χ0n) is 16.2. The monoisotopic (exact) mass is 347 g/mol. The Labute approximate surface area is 152 Å². The molecule has 0 amide bonds. The Morgan fingerprint density at radius 2 is 2.16 bits per heavy atom. The van der Waals surface area contributed by atoms with Gasteiger partial charge in [-0.15, -0.1) is 0 Å². The standard InChI is InChI=1S/C20H33N3O2/c1-16-5-6-19(17(2)13-16)7-9-22-20(21-3)23-10-8-18(14-23)15-25-12-11-24-4/h5-6,13,18H,7-12,14-15H2,1-4H3,(H,21,22). The maximum absolute atomic E-state index is 5.67. The molecule has 0 radical (unpaired) electrons. The highest BCUT2D eigenvalue weighted by molar-refractivity contribution is 5.80. The first-order valence-corrected chi connectivity index (χ1v) is 9.22. The molecule has 1 aliphatic heterocycles. The van der Waals surface area contributed by atoms with Gasteiger partial charge < -0.3 is 19.7 Å². The van der Waals surface area contributed by atoms with Gasteiger partial charge in [0.2, 0.25) is 0 Å². The SMILES string of the molecule is CN=C(NCCc1ccc(C)cc1C)N1CCC(COCCOC)C1. The normalized spacial score (nSPS) is 18.0. The highest BCUT2D eigenvalue weighted by Gasteiger charge is 2.24.